The summed E-state index contributed by atoms with van der Waals surface area (Å²) >= 11 is 0. The van der Waals surface area contributed by atoms with Crippen molar-refractivity contribution in [2.75, 3.05) is 13.7 Å². The molecule has 0 saturated carbocycles. The van der Waals surface area contributed by atoms with E-state index < -0.39 is 17.2 Å². The van der Waals surface area contributed by atoms with Crippen LogP contribution in [-0.4, -0.2) is 34.4 Å². The van der Waals surface area contributed by atoms with Gasteiger partial charge in [-0.05, 0) is 18.6 Å². The number of benzene rings is 1. The molecule has 7 nitrogen and oxygen atoms in total. The Morgan fingerprint density at radius 2 is 2.13 bits per heavy atom. The highest BCUT2D eigenvalue weighted by atomic mass is 16.5. The van der Waals surface area contributed by atoms with Crippen molar-refractivity contribution in [3.63, 3.8) is 0 Å². The highest BCUT2D eigenvalue weighted by Gasteiger charge is 2.17. The van der Waals surface area contributed by atoms with Gasteiger partial charge in [-0.3, -0.25) is 9.59 Å². The first-order valence-corrected chi connectivity index (χ1v) is 7.33. The standard InChI is InChI=1S/C16H19N3O4/c1-3-4-9-17-16(22)15-12(20)10-14(21)19(18-15)11-7-5-6-8-13(11)23-2/h5-8,10,20H,3-4,9H2,1-2H3,(H,17,22). The highest BCUT2D eigenvalue weighted by molar-refractivity contribution is 5.94. The fourth-order valence-electron chi connectivity index (χ4n) is 2.05. The quantitative estimate of drug-likeness (QED) is 0.787. The zero-order valence-electron chi connectivity index (χ0n) is 13.1. The third kappa shape index (κ3) is 3.68. The van der Waals surface area contributed by atoms with Crippen LogP contribution >= 0.6 is 0 Å². The Hall–Kier alpha value is -2.83. The van der Waals surface area contributed by atoms with Crippen LogP contribution in [0.2, 0.25) is 0 Å². The van der Waals surface area contributed by atoms with Crippen molar-refractivity contribution < 1.29 is 14.6 Å². The lowest BCUT2D eigenvalue weighted by Crippen LogP contribution is -2.29. The number of unbranched alkanes of at least 4 members (excludes halogenated alkanes) is 1. The second-order valence-electron chi connectivity index (χ2n) is 4.91. The number of hydrogen-bond acceptors (Lipinski definition) is 5. The van der Waals surface area contributed by atoms with Crippen LogP contribution in [0, 0.1) is 0 Å². The Morgan fingerprint density at radius 1 is 1.39 bits per heavy atom. The molecule has 1 heterocycles. The Morgan fingerprint density at radius 3 is 2.83 bits per heavy atom. The molecule has 2 aromatic rings. The molecule has 2 N–H and O–H groups in total. The summed E-state index contributed by atoms with van der Waals surface area (Å²) in [6, 6.07) is 7.76. The number of aromatic nitrogens is 2. The van der Waals surface area contributed by atoms with Gasteiger partial charge in [0.2, 0.25) is 0 Å². The summed E-state index contributed by atoms with van der Waals surface area (Å²) in [5.41, 5.74) is -0.369. The van der Waals surface area contributed by atoms with Crippen LogP contribution in [0.25, 0.3) is 5.69 Å². The normalized spacial score (nSPS) is 10.3. The van der Waals surface area contributed by atoms with Crippen LogP contribution in [0.5, 0.6) is 11.5 Å². The largest absolute Gasteiger partial charge is 0.505 e. The number of para-hydroxylation sites is 2. The van der Waals surface area contributed by atoms with Gasteiger partial charge in [-0.15, -0.1) is 0 Å². The van der Waals surface area contributed by atoms with E-state index in [9.17, 15) is 14.7 Å². The number of hydrogen-bond donors (Lipinski definition) is 2. The first-order valence-electron chi connectivity index (χ1n) is 7.33. The lowest BCUT2D eigenvalue weighted by atomic mass is 10.2. The van der Waals surface area contributed by atoms with Crippen molar-refractivity contribution >= 4 is 5.91 Å². The fraction of sp³-hybridized carbons (Fsp3) is 0.312. The van der Waals surface area contributed by atoms with E-state index in [1.54, 1.807) is 24.3 Å². The first-order chi connectivity index (χ1) is 11.1. The summed E-state index contributed by atoms with van der Waals surface area (Å²) in [5.74, 6) is -0.542. The van der Waals surface area contributed by atoms with Crippen molar-refractivity contribution in [2.24, 2.45) is 0 Å². The third-order valence-electron chi connectivity index (χ3n) is 3.26. The van der Waals surface area contributed by atoms with Crippen LogP contribution < -0.4 is 15.6 Å². The highest BCUT2D eigenvalue weighted by Crippen LogP contribution is 2.21. The van der Waals surface area contributed by atoms with Crippen LogP contribution in [0.3, 0.4) is 0 Å². The second-order valence-corrected chi connectivity index (χ2v) is 4.91. The smallest absolute Gasteiger partial charge is 0.275 e. The van der Waals surface area contributed by atoms with Crippen molar-refractivity contribution in [3.8, 4) is 17.2 Å². The van der Waals surface area contributed by atoms with Crippen LogP contribution in [0.15, 0.2) is 35.1 Å². The van der Waals surface area contributed by atoms with E-state index in [0.717, 1.165) is 23.6 Å². The van der Waals surface area contributed by atoms with Gasteiger partial charge in [0, 0.05) is 12.6 Å². The number of nitrogens with zero attached hydrogens (tertiary/aromatic N) is 2. The molecule has 23 heavy (non-hydrogen) atoms. The molecule has 0 atom stereocenters. The molecule has 1 aromatic carbocycles. The van der Waals surface area contributed by atoms with E-state index in [1.807, 2.05) is 6.92 Å². The van der Waals surface area contributed by atoms with Gasteiger partial charge in [0.1, 0.15) is 11.4 Å². The Bertz CT molecular complexity index is 755. The van der Waals surface area contributed by atoms with Gasteiger partial charge in [0.15, 0.2) is 11.4 Å². The molecule has 0 saturated heterocycles. The predicted octanol–water partition coefficient (Wildman–Crippen LogP) is 1.48. The molecule has 0 fully saturated rings. The van der Waals surface area contributed by atoms with Crippen molar-refractivity contribution in [1.82, 2.24) is 15.1 Å². The predicted molar refractivity (Wildman–Crippen MR) is 85.3 cm³/mol. The molecule has 7 heteroatoms. The maximum absolute atomic E-state index is 12.1. The number of carbonyl (C=O) groups excluding carboxylic acids is 1. The van der Waals surface area contributed by atoms with Gasteiger partial charge in [-0.25, -0.2) is 0 Å². The second kappa shape index (κ2) is 7.44. The maximum Gasteiger partial charge on any atom is 0.275 e. The molecule has 122 valence electrons. The Balaban J connectivity index is 2.44. The average molecular weight is 317 g/mol. The number of aromatic hydroxyl groups is 1. The summed E-state index contributed by atoms with van der Waals surface area (Å²) in [6.45, 7) is 2.48. The molecule has 2 rings (SSSR count). The molecule has 0 radical (unpaired) electrons. The molecule has 0 aliphatic rings. The molecule has 0 unspecified atom stereocenters. The molecule has 1 amide bonds. The van der Waals surface area contributed by atoms with E-state index in [4.69, 9.17) is 4.74 Å². The number of ether oxygens (including phenoxy) is 1. The average Bonchev–Trinajstić information content (AvgIpc) is 2.55. The number of rotatable bonds is 6. The minimum atomic E-state index is -0.558. The summed E-state index contributed by atoms with van der Waals surface area (Å²) in [5, 5.41) is 16.5. The van der Waals surface area contributed by atoms with E-state index in [-0.39, 0.29) is 5.69 Å². The van der Waals surface area contributed by atoms with Crippen molar-refractivity contribution in [1.29, 1.82) is 0 Å². The van der Waals surface area contributed by atoms with Gasteiger partial charge in [-0.2, -0.15) is 9.78 Å². The summed E-state index contributed by atoms with van der Waals surface area (Å²) in [4.78, 5) is 24.2. The van der Waals surface area contributed by atoms with Gasteiger partial charge in [-0.1, -0.05) is 25.5 Å². The molecule has 0 bridgehead atoms. The molecule has 0 aliphatic heterocycles. The molecular formula is C16H19N3O4. The first kappa shape index (κ1) is 16.5. The summed E-state index contributed by atoms with van der Waals surface area (Å²) in [6.07, 6.45) is 1.75. The number of amides is 1. The third-order valence-corrected chi connectivity index (χ3v) is 3.26. The zero-order valence-corrected chi connectivity index (χ0v) is 13.1. The fourth-order valence-corrected chi connectivity index (χ4v) is 2.05. The summed E-state index contributed by atoms with van der Waals surface area (Å²) < 4.78 is 6.24. The number of carbonyl (C=O) groups is 1. The van der Waals surface area contributed by atoms with Crippen LogP contribution in [-0.2, 0) is 0 Å². The lowest BCUT2D eigenvalue weighted by Gasteiger charge is -2.11. The van der Waals surface area contributed by atoms with E-state index >= 15 is 0 Å². The van der Waals surface area contributed by atoms with Crippen LogP contribution in [0.4, 0.5) is 0 Å². The summed E-state index contributed by atoms with van der Waals surface area (Å²) in [7, 11) is 1.47. The minimum absolute atomic E-state index is 0.202. The maximum atomic E-state index is 12.1. The number of methoxy groups -OCH3 is 1. The zero-order chi connectivity index (χ0) is 16.8. The SMILES string of the molecule is CCCCNC(=O)c1nn(-c2ccccc2OC)c(=O)cc1O. The molecule has 1 aromatic heterocycles. The lowest BCUT2D eigenvalue weighted by molar-refractivity contribution is 0.0943. The van der Waals surface area contributed by atoms with Crippen molar-refractivity contribution in [2.45, 2.75) is 19.8 Å². The van der Waals surface area contributed by atoms with Gasteiger partial charge in [0.05, 0.1) is 7.11 Å². The Kier molecular flexibility index (Phi) is 5.35. The van der Waals surface area contributed by atoms with Crippen molar-refractivity contribution in [3.05, 3.63) is 46.4 Å². The van der Waals surface area contributed by atoms with E-state index in [2.05, 4.69) is 10.4 Å². The minimum Gasteiger partial charge on any atom is -0.505 e. The van der Waals surface area contributed by atoms with Crippen LogP contribution in [0.1, 0.15) is 30.3 Å². The van der Waals surface area contributed by atoms with Gasteiger partial charge < -0.3 is 15.2 Å². The topological polar surface area (TPSA) is 93.5 Å². The molecular weight excluding hydrogens is 298 g/mol. The van der Waals surface area contributed by atoms with E-state index in [0.29, 0.717) is 18.0 Å². The van der Waals surface area contributed by atoms with Gasteiger partial charge >= 0.3 is 0 Å². The van der Waals surface area contributed by atoms with E-state index in [1.165, 1.54) is 7.11 Å². The van der Waals surface area contributed by atoms with Gasteiger partial charge in [0.25, 0.3) is 11.5 Å². The Labute approximate surface area is 133 Å². The number of nitrogens with one attached hydrogen (secondary N) is 1. The molecule has 0 spiro atoms. The molecule has 0 aliphatic carbocycles. The monoisotopic (exact) mass is 317 g/mol.